The number of amides is 2. The molecule has 0 radical (unpaired) electrons. The topological polar surface area (TPSA) is 121 Å². The molecular weight excluding hydrogens is 516 g/mol. The minimum absolute atomic E-state index is 0.00523. The van der Waals surface area contributed by atoms with Crippen molar-refractivity contribution in [2.24, 2.45) is 0 Å². The molecule has 12 heteroatoms. The summed E-state index contributed by atoms with van der Waals surface area (Å²) in [6.07, 6.45) is 5.37. The molecule has 0 saturated carbocycles. The third-order valence-corrected chi connectivity index (χ3v) is 8.79. The lowest BCUT2D eigenvalue weighted by Gasteiger charge is -2.34. The lowest BCUT2D eigenvalue weighted by molar-refractivity contribution is -0.127. The van der Waals surface area contributed by atoms with Gasteiger partial charge in [0.25, 0.3) is 5.91 Å². The molecule has 11 nitrogen and oxygen atoms in total. The molecule has 2 saturated heterocycles. The van der Waals surface area contributed by atoms with Gasteiger partial charge in [0.1, 0.15) is 16.7 Å². The van der Waals surface area contributed by atoms with Crippen LogP contribution < -0.4 is 20.9 Å². The predicted molar refractivity (Wildman–Crippen MR) is 152 cm³/mol. The molecule has 0 aromatic carbocycles. The van der Waals surface area contributed by atoms with Crippen LogP contribution in [0.3, 0.4) is 0 Å². The van der Waals surface area contributed by atoms with E-state index in [0.717, 1.165) is 70.4 Å². The second kappa shape index (κ2) is 10.5. The molecule has 3 aliphatic heterocycles. The minimum atomic E-state index is -0.0212. The molecule has 6 rings (SSSR count). The number of aryl methyl sites for hydroxylation is 1. The Morgan fingerprint density at radius 3 is 2.74 bits per heavy atom. The van der Waals surface area contributed by atoms with E-state index in [9.17, 15) is 9.59 Å². The van der Waals surface area contributed by atoms with E-state index in [0.29, 0.717) is 38.7 Å². The molecule has 3 aromatic heterocycles. The maximum Gasteiger partial charge on any atom is 0.263 e. The van der Waals surface area contributed by atoms with E-state index in [2.05, 4.69) is 43.4 Å². The van der Waals surface area contributed by atoms with Gasteiger partial charge in [0.05, 0.1) is 30.3 Å². The Kier molecular flexibility index (Phi) is 6.90. The molecule has 3 aliphatic rings. The zero-order valence-corrected chi connectivity index (χ0v) is 23.2. The highest BCUT2D eigenvalue weighted by Gasteiger charge is 2.29. The monoisotopic (exact) mass is 550 g/mol. The molecule has 2 amide bonds. The van der Waals surface area contributed by atoms with Crippen molar-refractivity contribution in [1.82, 2.24) is 24.8 Å². The van der Waals surface area contributed by atoms with Crippen molar-refractivity contribution in [2.45, 2.75) is 32.7 Å². The van der Waals surface area contributed by atoms with Gasteiger partial charge in [-0.3, -0.25) is 9.59 Å². The summed E-state index contributed by atoms with van der Waals surface area (Å²) in [7, 11) is 0. The number of thiophene rings is 1. The molecule has 6 heterocycles. The number of fused-ring (bicyclic) bond motifs is 1. The van der Waals surface area contributed by atoms with Crippen molar-refractivity contribution in [3.63, 3.8) is 0 Å². The van der Waals surface area contributed by atoms with Gasteiger partial charge in [0.2, 0.25) is 5.91 Å². The van der Waals surface area contributed by atoms with Crippen LogP contribution in [-0.4, -0.2) is 89.8 Å². The van der Waals surface area contributed by atoms with Crippen LogP contribution in [-0.2, 0) is 9.53 Å². The largest absolute Gasteiger partial charge is 0.382 e. The van der Waals surface area contributed by atoms with Crippen molar-refractivity contribution in [3.8, 4) is 0 Å². The summed E-state index contributed by atoms with van der Waals surface area (Å²) in [5, 5.41) is 7.83. The van der Waals surface area contributed by atoms with Crippen molar-refractivity contribution in [3.05, 3.63) is 40.0 Å². The summed E-state index contributed by atoms with van der Waals surface area (Å²) in [4.78, 5) is 37.9. The number of hydrogen-bond donors (Lipinski definition) is 2. The first-order valence-electron chi connectivity index (χ1n) is 13.4. The molecule has 3 N–H and O–H groups in total. The number of nitrogens with two attached hydrogens (primary N) is 1. The van der Waals surface area contributed by atoms with Crippen molar-refractivity contribution < 1.29 is 14.3 Å². The number of morpholine rings is 1. The third-order valence-electron chi connectivity index (χ3n) is 7.75. The fourth-order valence-electron chi connectivity index (χ4n) is 5.77. The molecule has 0 bridgehead atoms. The number of carbonyl (C=O) groups is 2. The van der Waals surface area contributed by atoms with E-state index >= 15 is 0 Å². The van der Waals surface area contributed by atoms with Gasteiger partial charge in [-0.1, -0.05) is 6.08 Å². The second-order valence-electron chi connectivity index (χ2n) is 10.4. The lowest BCUT2D eigenvalue weighted by atomic mass is 10.0. The number of hydrogen-bond acceptors (Lipinski definition) is 9. The Bertz CT molecular complexity index is 1440. The van der Waals surface area contributed by atoms with E-state index in [1.54, 1.807) is 23.2 Å². The first-order chi connectivity index (χ1) is 18.9. The quantitative estimate of drug-likeness (QED) is 0.496. The maximum absolute atomic E-state index is 13.5. The molecule has 0 spiro atoms. The highest BCUT2D eigenvalue weighted by molar-refractivity contribution is 7.14. The smallest absolute Gasteiger partial charge is 0.263 e. The van der Waals surface area contributed by atoms with Crippen LogP contribution in [0.25, 0.3) is 11.1 Å². The van der Waals surface area contributed by atoms with Gasteiger partial charge >= 0.3 is 0 Å². The first-order valence-corrected chi connectivity index (χ1v) is 14.3. The molecular formula is C27H34N8O3S. The number of anilines is 3. The van der Waals surface area contributed by atoms with Crippen LogP contribution >= 0.6 is 11.3 Å². The van der Waals surface area contributed by atoms with E-state index in [1.165, 1.54) is 6.33 Å². The molecule has 3 aromatic rings. The van der Waals surface area contributed by atoms with Crippen molar-refractivity contribution >= 4 is 51.4 Å². The van der Waals surface area contributed by atoms with Gasteiger partial charge < -0.3 is 30.5 Å². The maximum atomic E-state index is 13.5. The molecule has 2 fully saturated rings. The summed E-state index contributed by atoms with van der Waals surface area (Å²) in [6.45, 7) is 9.20. The number of ether oxygens (including phenoxy) is 1. The van der Waals surface area contributed by atoms with E-state index in [-0.39, 0.29) is 17.9 Å². The van der Waals surface area contributed by atoms with Crippen molar-refractivity contribution in [1.29, 1.82) is 0 Å². The highest BCUT2D eigenvalue weighted by Crippen LogP contribution is 2.35. The fourth-order valence-corrected chi connectivity index (χ4v) is 6.70. The van der Waals surface area contributed by atoms with Crippen LogP contribution in [0, 0.1) is 6.92 Å². The second-order valence-corrected chi connectivity index (χ2v) is 11.6. The van der Waals surface area contributed by atoms with Crippen LogP contribution in [0.1, 0.15) is 40.0 Å². The van der Waals surface area contributed by atoms with Gasteiger partial charge in [-0.15, -0.1) is 11.3 Å². The number of aromatic nitrogens is 3. The molecule has 39 heavy (non-hydrogen) atoms. The zero-order valence-electron chi connectivity index (χ0n) is 22.4. The molecule has 1 atom stereocenters. The zero-order chi connectivity index (χ0) is 27.1. The fraction of sp³-hybridized carbons (Fsp3) is 0.481. The number of nitrogens with zero attached hydrogens (tertiary/aromatic N) is 6. The van der Waals surface area contributed by atoms with Gasteiger partial charge in [-0.25, -0.2) is 9.50 Å². The van der Waals surface area contributed by atoms with Gasteiger partial charge in [-0.2, -0.15) is 5.10 Å². The Hall–Kier alpha value is -3.64. The van der Waals surface area contributed by atoms with Crippen LogP contribution in [0.2, 0.25) is 0 Å². The number of nitrogen functional groups attached to an aromatic ring is 1. The summed E-state index contributed by atoms with van der Waals surface area (Å²) in [6, 6.07) is 4.20. The highest BCUT2D eigenvalue weighted by atomic mass is 32.1. The Labute approximate surface area is 231 Å². The lowest BCUT2D eigenvalue weighted by Crippen LogP contribution is -2.48. The predicted octanol–water partition coefficient (Wildman–Crippen LogP) is 2.16. The van der Waals surface area contributed by atoms with Crippen LogP contribution in [0.5, 0.6) is 0 Å². The standard InChI is InChI=1S/C27H34N8O3S/c1-17-12-23(32-8-10-38-11-9-32)25(39-17)27(37)31-20-4-3-6-34(15-20)22-13-21(19-5-7-33(14-19)18(2)36)35-24(22)26(28)29-16-30-35/h5,12-13,16,20H,3-4,6-11,14-15H2,1-2H3,(H,31,37)(H2,28,29,30)/t20-/m1/s1. The number of rotatable bonds is 5. The average Bonchev–Trinajstić information content (AvgIpc) is 3.67. The van der Waals surface area contributed by atoms with Gasteiger partial charge in [0.15, 0.2) is 5.82 Å². The molecule has 0 aliphatic carbocycles. The number of carbonyl (C=O) groups excluding carboxylic acids is 2. The summed E-state index contributed by atoms with van der Waals surface area (Å²) in [5.41, 5.74) is 11.0. The van der Waals surface area contributed by atoms with Crippen LogP contribution in [0.15, 0.2) is 24.5 Å². The number of piperidine rings is 1. The summed E-state index contributed by atoms with van der Waals surface area (Å²) in [5.74, 6) is 0.430. The van der Waals surface area contributed by atoms with Gasteiger partial charge in [-0.05, 0) is 37.5 Å². The van der Waals surface area contributed by atoms with E-state index in [4.69, 9.17) is 10.5 Å². The Morgan fingerprint density at radius 1 is 1.15 bits per heavy atom. The Balaban J connectivity index is 1.23. The molecule has 206 valence electrons. The normalized spacial score (nSPS) is 20.0. The first kappa shape index (κ1) is 25.6. The van der Waals surface area contributed by atoms with Crippen molar-refractivity contribution in [2.75, 3.05) is 68.0 Å². The van der Waals surface area contributed by atoms with E-state index < -0.39 is 0 Å². The van der Waals surface area contributed by atoms with E-state index in [1.807, 2.05) is 11.4 Å². The SMILES string of the molecule is CC(=O)N1CC=C(c2cc(N3CCC[C@@H](NC(=O)c4sc(C)cc4N4CCOCC4)C3)c3c(N)ncnn23)C1. The minimum Gasteiger partial charge on any atom is -0.382 e. The molecule has 0 unspecified atom stereocenters. The average molecular weight is 551 g/mol. The Morgan fingerprint density at radius 2 is 1.97 bits per heavy atom. The third kappa shape index (κ3) is 4.94. The van der Waals surface area contributed by atoms with Crippen LogP contribution in [0.4, 0.5) is 17.2 Å². The summed E-state index contributed by atoms with van der Waals surface area (Å²) < 4.78 is 7.34. The number of nitrogens with one attached hydrogen (secondary N) is 1. The van der Waals surface area contributed by atoms with Gasteiger partial charge in [0, 0.05) is 57.1 Å². The summed E-state index contributed by atoms with van der Waals surface area (Å²) >= 11 is 1.55.